The van der Waals surface area contributed by atoms with Crippen molar-refractivity contribution < 1.29 is 0 Å². The maximum Gasteiger partial charge on any atom is 0.0185 e. The summed E-state index contributed by atoms with van der Waals surface area (Å²) in [5.41, 5.74) is 1.44. The van der Waals surface area contributed by atoms with E-state index < -0.39 is 0 Å². The third-order valence-corrected chi connectivity index (χ3v) is 4.13. The van der Waals surface area contributed by atoms with Gasteiger partial charge in [0.05, 0.1) is 0 Å². The van der Waals surface area contributed by atoms with Gasteiger partial charge in [-0.05, 0) is 12.5 Å². The quantitative estimate of drug-likeness (QED) is 0.838. The van der Waals surface area contributed by atoms with E-state index in [1.807, 2.05) is 11.8 Å². The number of piperazine rings is 1. The van der Waals surface area contributed by atoms with Crippen LogP contribution in [0.3, 0.4) is 0 Å². The molecular formula is C14H23ClN2S. The Morgan fingerprint density at radius 3 is 2.83 bits per heavy atom. The third kappa shape index (κ3) is 5.61. The van der Waals surface area contributed by atoms with Crippen LogP contribution >= 0.6 is 24.2 Å². The largest absolute Gasteiger partial charge is 0.312 e. The molecule has 0 radical (unpaired) electrons. The summed E-state index contributed by atoms with van der Waals surface area (Å²) in [6, 6.07) is 11.4. The van der Waals surface area contributed by atoms with Crippen molar-refractivity contribution in [3.8, 4) is 0 Å². The second kappa shape index (κ2) is 8.81. The lowest BCUT2D eigenvalue weighted by Crippen LogP contribution is -2.49. The molecule has 0 aliphatic carbocycles. The Morgan fingerprint density at radius 1 is 1.33 bits per heavy atom. The molecule has 2 nitrogen and oxygen atoms in total. The molecule has 1 aromatic carbocycles. The molecule has 2 rings (SSSR count). The fourth-order valence-electron chi connectivity index (χ4n) is 2.17. The average molecular weight is 287 g/mol. The van der Waals surface area contributed by atoms with Crippen LogP contribution in [0.25, 0.3) is 0 Å². The highest BCUT2D eigenvalue weighted by Crippen LogP contribution is 2.12. The number of nitrogens with zero attached hydrogens (tertiary/aromatic N) is 1. The number of thioether (sulfide) groups is 1. The Balaban J connectivity index is 0.00000162. The Hall–Kier alpha value is -0.220. The van der Waals surface area contributed by atoms with Gasteiger partial charge in [0.1, 0.15) is 0 Å². The number of nitrogens with one attached hydrogen (secondary N) is 1. The Bertz CT molecular complexity index is 321. The SMILES string of the molecule is CC1CN(CCSCc2ccccc2)CCN1.Cl. The Morgan fingerprint density at radius 2 is 2.11 bits per heavy atom. The maximum absolute atomic E-state index is 3.48. The van der Waals surface area contributed by atoms with Gasteiger partial charge in [0.2, 0.25) is 0 Å². The number of rotatable bonds is 5. The van der Waals surface area contributed by atoms with Gasteiger partial charge in [0.25, 0.3) is 0 Å². The van der Waals surface area contributed by atoms with E-state index in [0.717, 1.165) is 12.3 Å². The van der Waals surface area contributed by atoms with Crippen LogP contribution in [0.4, 0.5) is 0 Å². The molecule has 0 bridgehead atoms. The first-order valence-corrected chi connectivity index (χ1v) is 7.57. The highest BCUT2D eigenvalue weighted by atomic mass is 35.5. The van der Waals surface area contributed by atoms with E-state index in [2.05, 4.69) is 47.5 Å². The molecule has 18 heavy (non-hydrogen) atoms. The van der Waals surface area contributed by atoms with Crippen molar-refractivity contribution in [1.82, 2.24) is 10.2 Å². The van der Waals surface area contributed by atoms with Gasteiger partial charge in [-0.1, -0.05) is 30.3 Å². The topological polar surface area (TPSA) is 15.3 Å². The smallest absolute Gasteiger partial charge is 0.0185 e. The maximum atomic E-state index is 3.48. The number of hydrogen-bond donors (Lipinski definition) is 1. The number of halogens is 1. The van der Waals surface area contributed by atoms with Crippen LogP contribution in [0.15, 0.2) is 30.3 Å². The van der Waals surface area contributed by atoms with Gasteiger partial charge in [-0.2, -0.15) is 11.8 Å². The summed E-state index contributed by atoms with van der Waals surface area (Å²) in [6.45, 7) is 7.04. The summed E-state index contributed by atoms with van der Waals surface area (Å²) in [5.74, 6) is 2.38. The summed E-state index contributed by atoms with van der Waals surface area (Å²) in [5, 5.41) is 3.48. The van der Waals surface area contributed by atoms with E-state index in [-0.39, 0.29) is 12.4 Å². The average Bonchev–Trinajstić information content (AvgIpc) is 2.36. The zero-order chi connectivity index (χ0) is 11.9. The van der Waals surface area contributed by atoms with E-state index in [1.165, 1.54) is 31.0 Å². The van der Waals surface area contributed by atoms with Crippen LogP contribution in [0.5, 0.6) is 0 Å². The zero-order valence-electron chi connectivity index (χ0n) is 11.0. The van der Waals surface area contributed by atoms with E-state index in [0.29, 0.717) is 6.04 Å². The van der Waals surface area contributed by atoms with Crippen molar-refractivity contribution in [3.63, 3.8) is 0 Å². The molecule has 1 saturated heterocycles. The van der Waals surface area contributed by atoms with Gasteiger partial charge in [-0.15, -0.1) is 12.4 Å². The lowest BCUT2D eigenvalue weighted by molar-refractivity contribution is 0.218. The molecule has 0 spiro atoms. The minimum Gasteiger partial charge on any atom is -0.312 e. The molecule has 0 aromatic heterocycles. The van der Waals surface area contributed by atoms with Crippen LogP contribution < -0.4 is 5.32 Å². The van der Waals surface area contributed by atoms with Gasteiger partial charge >= 0.3 is 0 Å². The van der Waals surface area contributed by atoms with Gasteiger partial charge in [0, 0.05) is 43.7 Å². The minimum atomic E-state index is 0. The molecule has 1 aliphatic rings. The Kier molecular flexibility index (Phi) is 7.75. The van der Waals surface area contributed by atoms with Crippen LogP contribution in [0.1, 0.15) is 12.5 Å². The molecule has 1 heterocycles. The van der Waals surface area contributed by atoms with Crippen molar-refractivity contribution in [3.05, 3.63) is 35.9 Å². The zero-order valence-corrected chi connectivity index (χ0v) is 12.6. The first kappa shape index (κ1) is 15.8. The molecule has 1 fully saturated rings. The lowest BCUT2D eigenvalue weighted by atomic mass is 10.2. The van der Waals surface area contributed by atoms with Crippen molar-refractivity contribution >= 4 is 24.2 Å². The second-order valence-corrected chi connectivity index (χ2v) is 5.80. The standard InChI is InChI=1S/C14H22N2S.ClH/c1-13-11-16(8-7-15-13)9-10-17-12-14-5-3-2-4-6-14;/h2-6,13,15H,7-12H2,1H3;1H. The van der Waals surface area contributed by atoms with Crippen LogP contribution in [0, 0.1) is 0 Å². The summed E-state index contributed by atoms with van der Waals surface area (Å²) in [4.78, 5) is 2.57. The molecule has 4 heteroatoms. The van der Waals surface area contributed by atoms with Gasteiger partial charge in [0.15, 0.2) is 0 Å². The van der Waals surface area contributed by atoms with E-state index in [9.17, 15) is 0 Å². The minimum absolute atomic E-state index is 0. The molecule has 1 atom stereocenters. The molecule has 1 aromatic rings. The van der Waals surface area contributed by atoms with E-state index in [4.69, 9.17) is 0 Å². The predicted octanol–water partition coefficient (Wildman–Crippen LogP) is 2.64. The molecule has 1 N–H and O–H groups in total. The molecule has 102 valence electrons. The first-order chi connectivity index (χ1) is 8.34. The van der Waals surface area contributed by atoms with Crippen molar-refractivity contribution in [2.24, 2.45) is 0 Å². The van der Waals surface area contributed by atoms with E-state index in [1.54, 1.807) is 0 Å². The lowest BCUT2D eigenvalue weighted by Gasteiger charge is -2.31. The molecular weight excluding hydrogens is 264 g/mol. The fourth-order valence-corrected chi connectivity index (χ4v) is 3.13. The van der Waals surface area contributed by atoms with Crippen molar-refractivity contribution in [2.45, 2.75) is 18.7 Å². The van der Waals surface area contributed by atoms with Gasteiger partial charge < -0.3 is 5.32 Å². The molecule has 0 amide bonds. The van der Waals surface area contributed by atoms with Gasteiger partial charge in [-0.3, -0.25) is 4.90 Å². The van der Waals surface area contributed by atoms with Crippen molar-refractivity contribution in [2.75, 3.05) is 31.9 Å². The normalized spacial score (nSPS) is 20.4. The molecule has 0 saturated carbocycles. The number of hydrogen-bond acceptors (Lipinski definition) is 3. The Labute approximate surface area is 121 Å². The second-order valence-electron chi connectivity index (χ2n) is 4.69. The highest BCUT2D eigenvalue weighted by Gasteiger charge is 2.14. The molecule has 1 aliphatic heterocycles. The first-order valence-electron chi connectivity index (χ1n) is 6.42. The van der Waals surface area contributed by atoms with Crippen molar-refractivity contribution in [1.29, 1.82) is 0 Å². The predicted molar refractivity (Wildman–Crippen MR) is 83.8 cm³/mol. The monoisotopic (exact) mass is 286 g/mol. The summed E-state index contributed by atoms with van der Waals surface area (Å²) >= 11 is 2.04. The van der Waals surface area contributed by atoms with E-state index >= 15 is 0 Å². The fraction of sp³-hybridized carbons (Fsp3) is 0.571. The molecule has 1 unspecified atom stereocenters. The summed E-state index contributed by atoms with van der Waals surface area (Å²) in [6.07, 6.45) is 0. The van der Waals surface area contributed by atoms with Crippen LogP contribution in [0.2, 0.25) is 0 Å². The highest BCUT2D eigenvalue weighted by molar-refractivity contribution is 7.98. The van der Waals surface area contributed by atoms with Crippen LogP contribution in [-0.4, -0.2) is 42.9 Å². The van der Waals surface area contributed by atoms with Crippen LogP contribution in [-0.2, 0) is 5.75 Å². The summed E-state index contributed by atoms with van der Waals surface area (Å²) in [7, 11) is 0. The summed E-state index contributed by atoms with van der Waals surface area (Å²) < 4.78 is 0. The van der Waals surface area contributed by atoms with Gasteiger partial charge in [-0.25, -0.2) is 0 Å². The third-order valence-electron chi connectivity index (χ3n) is 3.12. The number of benzene rings is 1.